The summed E-state index contributed by atoms with van der Waals surface area (Å²) in [6.45, 7) is 6.74. The third-order valence-electron chi connectivity index (χ3n) is 10.4. The number of hydrogen-bond acceptors (Lipinski definition) is 3. The number of aromatic nitrogens is 6. The molecule has 6 heteroatoms. The third kappa shape index (κ3) is 5.06. The molecule has 53 heavy (non-hydrogen) atoms. The van der Waals surface area contributed by atoms with E-state index >= 15 is 0 Å². The molecule has 0 radical (unpaired) electrons. The van der Waals surface area contributed by atoms with Gasteiger partial charge in [-0.15, -0.1) is 10.2 Å². The van der Waals surface area contributed by atoms with Crippen molar-refractivity contribution in [3.63, 3.8) is 0 Å². The standard InChI is InChI=1S/C47H36N6/c1-47(2,3)33-26-27-48-44(28-33)52-41-21-13-11-19-37(41)39-24-22-34(29-43(39)52)51-40-20-12-10-18-36(40)38-25-23-35(30-42(38)51)53-49-45(31-14-6-4-7-15-31)46(50-53)32-16-8-5-9-17-32/h4-30H,1-3H3. The van der Waals surface area contributed by atoms with E-state index in [1.54, 1.807) is 4.80 Å². The van der Waals surface area contributed by atoms with Crippen molar-refractivity contribution in [3.8, 4) is 39.7 Å². The Morgan fingerprint density at radius 3 is 1.53 bits per heavy atom. The maximum absolute atomic E-state index is 5.11. The lowest BCUT2D eigenvalue weighted by molar-refractivity contribution is 0.588. The Morgan fingerprint density at radius 1 is 0.434 bits per heavy atom. The molecule has 0 atom stereocenters. The Balaban J connectivity index is 1.20. The van der Waals surface area contributed by atoms with Crippen molar-refractivity contribution in [1.29, 1.82) is 0 Å². The summed E-state index contributed by atoms with van der Waals surface area (Å²) in [4.78, 5) is 6.70. The minimum atomic E-state index is -0.00452. The van der Waals surface area contributed by atoms with Crippen molar-refractivity contribution in [2.24, 2.45) is 0 Å². The van der Waals surface area contributed by atoms with Crippen molar-refractivity contribution in [3.05, 3.63) is 169 Å². The van der Waals surface area contributed by atoms with Gasteiger partial charge in [0.2, 0.25) is 0 Å². The van der Waals surface area contributed by atoms with Crippen molar-refractivity contribution in [1.82, 2.24) is 29.1 Å². The molecule has 0 N–H and O–H groups in total. The van der Waals surface area contributed by atoms with Gasteiger partial charge >= 0.3 is 0 Å². The quantitative estimate of drug-likeness (QED) is 0.181. The zero-order valence-corrected chi connectivity index (χ0v) is 29.8. The van der Waals surface area contributed by atoms with E-state index in [4.69, 9.17) is 15.2 Å². The van der Waals surface area contributed by atoms with E-state index < -0.39 is 0 Å². The molecule has 0 amide bonds. The van der Waals surface area contributed by atoms with Crippen LogP contribution in [0, 0.1) is 0 Å². The number of pyridine rings is 1. The lowest BCUT2D eigenvalue weighted by Gasteiger charge is -2.20. The Bertz CT molecular complexity index is 2920. The maximum Gasteiger partial charge on any atom is 0.137 e. The third-order valence-corrected chi connectivity index (χ3v) is 10.4. The topological polar surface area (TPSA) is 53.5 Å². The van der Waals surface area contributed by atoms with Crippen molar-refractivity contribution in [2.75, 3.05) is 0 Å². The SMILES string of the molecule is CC(C)(C)c1ccnc(-n2c3ccccc3c3ccc(-n4c5ccccc5c5ccc(-n6nc(-c7ccccc7)c(-c7ccccc7)n6)cc54)cc32)c1. The molecule has 0 saturated heterocycles. The van der Waals surface area contributed by atoms with Gasteiger partial charge in [-0.25, -0.2) is 4.98 Å². The van der Waals surface area contributed by atoms with Crippen LogP contribution in [0.3, 0.4) is 0 Å². The van der Waals surface area contributed by atoms with Gasteiger partial charge in [0.05, 0.1) is 27.8 Å². The second-order valence-electron chi connectivity index (χ2n) is 14.7. The van der Waals surface area contributed by atoms with Crippen LogP contribution in [0.5, 0.6) is 0 Å². The largest absolute Gasteiger partial charge is 0.309 e. The van der Waals surface area contributed by atoms with Crippen LogP contribution < -0.4 is 0 Å². The van der Waals surface area contributed by atoms with Crippen LogP contribution in [-0.4, -0.2) is 29.1 Å². The predicted octanol–water partition coefficient (Wildman–Crippen LogP) is 11.5. The first-order valence-corrected chi connectivity index (χ1v) is 18.0. The number of rotatable bonds is 5. The lowest BCUT2D eigenvalue weighted by Crippen LogP contribution is -2.12. The average molecular weight is 685 g/mol. The van der Waals surface area contributed by atoms with Crippen LogP contribution in [0.1, 0.15) is 26.3 Å². The molecule has 0 saturated carbocycles. The first kappa shape index (κ1) is 31.0. The van der Waals surface area contributed by atoms with Gasteiger partial charge < -0.3 is 4.57 Å². The highest BCUT2D eigenvalue weighted by Gasteiger charge is 2.21. The van der Waals surface area contributed by atoms with Gasteiger partial charge in [-0.05, 0) is 65.6 Å². The minimum Gasteiger partial charge on any atom is -0.309 e. The van der Waals surface area contributed by atoms with Gasteiger partial charge in [0.25, 0.3) is 0 Å². The molecular formula is C47H36N6. The number of para-hydroxylation sites is 2. The van der Waals surface area contributed by atoms with Crippen molar-refractivity contribution < 1.29 is 0 Å². The molecule has 6 aromatic carbocycles. The van der Waals surface area contributed by atoms with Crippen LogP contribution in [0.25, 0.3) is 83.3 Å². The monoisotopic (exact) mass is 684 g/mol. The molecule has 0 bridgehead atoms. The highest BCUT2D eigenvalue weighted by Crippen LogP contribution is 2.38. The molecule has 10 aromatic rings. The highest BCUT2D eigenvalue weighted by molar-refractivity contribution is 6.12. The van der Waals surface area contributed by atoms with Gasteiger partial charge in [0.15, 0.2) is 0 Å². The molecule has 10 rings (SSSR count). The average Bonchev–Trinajstić information content (AvgIpc) is 3.89. The molecule has 0 aliphatic carbocycles. The molecule has 4 aromatic heterocycles. The Labute approximate surface area is 307 Å². The number of nitrogens with zero attached hydrogens (tertiary/aromatic N) is 6. The predicted molar refractivity (Wildman–Crippen MR) is 217 cm³/mol. The van der Waals surface area contributed by atoms with E-state index in [2.05, 4.69) is 151 Å². The summed E-state index contributed by atoms with van der Waals surface area (Å²) in [5.74, 6) is 0.915. The molecule has 0 fully saturated rings. The first-order chi connectivity index (χ1) is 25.9. The molecule has 0 aliphatic heterocycles. The van der Waals surface area contributed by atoms with Gasteiger partial charge in [-0.3, -0.25) is 4.57 Å². The molecule has 0 unspecified atom stereocenters. The summed E-state index contributed by atoms with van der Waals surface area (Å²) in [5.41, 5.74) is 11.4. The zero-order chi connectivity index (χ0) is 35.7. The summed E-state index contributed by atoms with van der Waals surface area (Å²) in [5, 5.41) is 15.0. The fourth-order valence-electron chi connectivity index (χ4n) is 7.72. The molecular weight excluding hydrogens is 649 g/mol. The van der Waals surface area contributed by atoms with Crippen LogP contribution in [-0.2, 0) is 5.41 Å². The zero-order valence-electron chi connectivity index (χ0n) is 29.8. The number of fused-ring (bicyclic) bond motifs is 6. The summed E-state index contributed by atoms with van der Waals surface area (Å²) in [6, 6.07) is 55.6. The normalized spacial score (nSPS) is 12.1. The van der Waals surface area contributed by atoms with Crippen LogP contribution >= 0.6 is 0 Å². The van der Waals surface area contributed by atoms with Crippen molar-refractivity contribution in [2.45, 2.75) is 26.2 Å². The van der Waals surface area contributed by atoms with E-state index in [0.29, 0.717) is 0 Å². The van der Waals surface area contributed by atoms with E-state index in [9.17, 15) is 0 Å². The fourth-order valence-corrected chi connectivity index (χ4v) is 7.72. The number of hydrogen-bond donors (Lipinski definition) is 0. The van der Waals surface area contributed by atoms with E-state index in [-0.39, 0.29) is 5.41 Å². The highest BCUT2D eigenvalue weighted by atomic mass is 15.5. The second kappa shape index (κ2) is 11.9. The smallest absolute Gasteiger partial charge is 0.137 e. The lowest BCUT2D eigenvalue weighted by atomic mass is 9.88. The summed E-state index contributed by atoms with van der Waals surface area (Å²) in [6.07, 6.45) is 1.94. The Morgan fingerprint density at radius 2 is 0.925 bits per heavy atom. The Kier molecular flexibility index (Phi) is 6.95. The van der Waals surface area contributed by atoms with Gasteiger partial charge in [0.1, 0.15) is 17.2 Å². The molecule has 254 valence electrons. The van der Waals surface area contributed by atoms with Gasteiger partial charge in [-0.1, -0.05) is 124 Å². The molecule has 4 heterocycles. The van der Waals surface area contributed by atoms with Gasteiger partial charge in [-0.2, -0.15) is 4.80 Å². The fraction of sp³-hybridized carbons (Fsp3) is 0.0851. The minimum absolute atomic E-state index is 0.00452. The maximum atomic E-state index is 5.11. The van der Waals surface area contributed by atoms with Crippen molar-refractivity contribution >= 4 is 43.6 Å². The first-order valence-electron chi connectivity index (χ1n) is 18.0. The molecule has 6 nitrogen and oxygen atoms in total. The van der Waals surface area contributed by atoms with E-state index in [1.807, 2.05) is 42.6 Å². The van der Waals surface area contributed by atoms with Gasteiger partial charge in [0, 0.05) is 44.6 Å². The molecule has 0 aliphatic rings. The number of benzene rings is 6. The van der Waals surface area contributed by atoms with E-state index in [1.165, 1.54) is 27.1 Å². The van der Waals surface area contributed by atoms with E-state index in [0.717, 1.165) is 61.8 Å². The van der Waals surface area contributed by atoms with Crippen LogP contribution in [0.4, 0.5) is 0 Å². The summed E-state index contributed by atoms with van der Waals surface area (Å²) >= 11 is 0. The second-order valence-corrected chi connectivity index (χ2v) is 14.7. The molecule has 0 spiro atoms. The summed E-state index contributed by atoms with van der Waals surface area (Å²) in [7, 11) is 0. The summed E-state index contributed by atoms with van der Waals surface area (Å²) < 4.78 is 4.68. The Hall–Kier alpha value is -6.79. The van der Waals surface area contributed by atoms with Crippen LogP contribution in [0.2, 0.25) is 0 Å². The van der Waals surface area contributed by atoms with Crippen LogP contribution in [0.15, 0.2) is 164 Å².